The van der Waals surface area contributed by atoms with Gasteiger partial charge in [0, 0.05) is 11.1 Å². The normalized spacial score (nSPS) is 11.6. The number of amides is 1. The molecule has 27 heavy (non-hydrogen) atoms. The largest absolute Gasteiger partial charge is 0.453 e. The molecule has 5 heteroatoms. The van der Waals surface area contributed by atoms with E-state index < -0.39 is 12.1 Å². The van der Waals surface area contributed by atoms with Gasteiger partial charge in [0.2, 0.25) is 5.78 Å². The van der Waals surface area contributed by atoms with Crippen LogP contribution in [0.5, 0.6) is 0 Å². The van der Waals surface area contributed by atoms with Gasteiger partial charge in [0.05, 0.1) is 0 Å². The lowest BCUT2D eigenvalue weighted by Crippen LogP contribution is -2.34. The van der Waals surface area contributed by atoms with E-state index in [0.717, 1.165) is 22.3 Å². The van der Waals surface area contributed by atoms with Gasteiger partial charge >= 0.3 is 5.97 Å². The highest BCUT2D eigenvalue weighted by molar-refractivity contribution is 6.02. The van der Waals surface area contributed by atoms with Crippen molar-refractivity contribution < 1.29 is 19.1 Å². The molecule has 0 aliphatic carbocycles. The number of nitrogens with one attached hydrogen (secondary N) is 1. The predicted molar refractivity (Wildman–Crippen MR) is 104 cm³/mol. The summed E-state index contributed by atoms with van der Waals surface area (Å²) in [4.78, 5) is 36.7. The second kappa shape index (κ2) is 8.62. The third-order valence-electron chi connectivity index (χ3n) is 4.46. The smallest absolute Gasteiger partial charge is 0.326 e. The maximum Gasteiger partial charge on any atom is 0.326 e. The van der Waals surface area contributed by atoms with Gasteiger partial charge in [-0.15, -0.1) is 0 Å². The molecule has 1 amide bonds. The fourth-order valence-corrected chi connectivity index (χ4v) is 2.78. The number of hydrogen-bond acceptors (Lipinski definition) is 4. The van der Waals surface area contributed by atoms with Crippen molar-refractivity contribution in [3.8, 4) is 0 Å². The van der Waals surface area contributed by atoms with Crippen LogP contribution in [0.2, 0.25) is 0 Å². The van der Waals surface area contributed by atoms with E-state index in [1.54, 1.807) is 18.2 Å². The number of ketones is 1. The Labute approximate surface area is 159 Å². The van der Waals surface area contributed by atoms with Crippen LogP contribution in [0.1, 0.15) is 49.9 Å². The first-order valence-electron chi connectivity index (χ1n) is 8.85. The zero-order valence-electron chi connectivity index (χ0n) is 16.4. The molecule has 142 valence electrons. The van der Waals surface area contributed by atoms with Crippen molar-refractivity contribution in [1.29, 1.82) is 0 Å². The Balaban J connectivity index is 1.94. The van der Waals surface area contributed by atoms with Crippen LogP contribution in [0.4, 0.5) is 0 Å². The maximum absolute atomic E-state index is 12.6. The van der Waals surface area contributed by atoms with Crippen LogP contribution in [0.15, 0.2) is 36.4 Å². The second-order valence-electron chi connectivity index (χ2n) is 6.80. The molecule has 0 spiro atoms. The highest BCUT2D eigenvalue weighted by Crippen LogP contribution is 2.18. The Bertz CT molecular complexity index is 886. The van der Waals surface area contributed by atoms with Crippen molar-refractivity contribution in [3.05, 3.63) is 69.8 Å². The molecule has 0 aliphatic rings. The van der Waals surface area contributed by atoms with Gasteiger partial charge in [0.15, 0.2) is 6.10 Å². The van der Waals surface area contributed by atoms with E-state index in [4.69, 9.17) is 4.74 Å². The summed E-state index contributed by atoms with van der Waals surface area (Å²) < 4.78 is 5.20. The lowest BCUT2D eigenvalue weighted by atomic mass is 9.96. The predicted octanol–water partition coefficient (Wildman–Crippen LogP) is 3.46. The van der Waals surface area contributed by atoms with Gasteiger partial charge in [-0.1, -0.05) is 23.8 Å². The van der Waals surface area contributed by atoms with Crippen LogP contribution in [0.3, 0.4) is 0 Å². The Kier molecular flexibility index (Phi) is 6.50. The maximum atomic E-state index is 12.6. The van der Waals surface area contributed by atoms with Gasteiger partial charge in [0.25, 0.3) is 5.91 Å². The minimum atomic E-state index is -0.922. The summed E-state index contributed by atoms with van der Waals surface area (Å²) in [5, 5.41) is 2.51. The standard InChI is InChI=1S/C22H25NO4/c1-13-7-6-8-18(9-13)22(26)23-12-20(24)27-17(5)21(25)19-11-15(3)14(2)10-16(19)4/h6-11,17H,12H2,1-5H3,(H,23,26)/t17-/m1/s1. The zero-order chi connectivity index (χ0) is 20.1. The molecule has 1 atom stereocenters. The molecule has 0 aromatic heterocycles. The fraction of sp³-hybridized carbons (Fsp3) is 0.318. The molecular formula is C22H25NO4. The first-order valence-corrected chi connectivity index (χ1v) is 8.85. The molecule has 0 saturated heterocycles. The van der Waals surface area contributed by atoms with Gasteiger partial charge in [-0.25, -0.2) is 0 Å². The Morgan fingerprint density at radius 3 is 2.30 bits per heavy atom. The van der Waals surface area contributed by atoms with Gasteiger partial charge in [-0.05, 0) is 69.5 Å². The average molecular weight is 367 g/mol. The number of ether oxygens (including phenoxy) is 1. The minimum absolute atomic E-state index is 0.256. The molecule has 0 aliphatic heterocycles. The topological polar surface area (TPSA) is 72.5 Å². The molecule has 0 saturated carbocycles. The summed E-state index contributed by atoms with van der Waals surface area (Å²) in [6.45, 7) is 8.90. The van der Waals surface area contributed by atoms with Crippen molar-refractivity contribution in [3.63, 3.8) is 0 Å². The molecule has 0 bridgehead atoms. The first kappa shape index (κ1) is 20.4. The van der Waals surface area contributed by atoms with E-state index >= 15 is 0 Å². The lowest BCUT2D eigenvalue weighted by molar-refractivity contribution is -0.145. The highest BCUT2D eigenvalue weighted by atomic mass is 16.5. The Morgan fingerprint density at radius 2 is 1.63 bits per heavy atom. The number of esters is 1. The summed E-state index contributed by atoms with van der Waals surface area (Å²) in [5.41, 5.74) is 4.92. The number of hydrogen-bond donors (Lipinski definition) is 1. The van der Waals surface area contributed by atoms with Gasteiger partial charge in [-0.2, -0.15) is 0 Å². The number of benzene rings is 2. The van der Waals surface area contributed by atoms with Crippen molar-refractivity contribution in [2.24, 2.45) is 0 Å². The molecule has 2 rings (SSSR count). The first-order chi connectivity index (χ1) is 12.7. The minimum Gasteiger partial charge on any atom is -0.453 e. The van der Waals surface area contributed by atoms with E-state index in [0.29, 0.717) is 11.1 Å². The zero-order valence-corrected chi connectivity index (χ0v) is 16.4. The van der Waals surface area contributed by atoms with Crippen molar-refractivity contribution in [2.75, 3.05) is 6.54 Å². The van der Waals surface area contributed by atoms with Crippen LogP contribution in [-0.2, 0) is 9.53 Å². The van der Waals surface area contributed by atoms with Gasteiger partial charge in [0.1, 0.15) is 6.54 Å². The number of Topliss-reactive ketones (excluding diaryl/α,β-unsaturated/α-hetero) is 1. The molecule has 2 aromatic carbocycles. The van der Waals surface area contributed by atoms with Crippen molar-refractivity contribution in [1.82, 2.24) is 5.32 Å². The molecule has 1 N–H and O–H groups in total. The van der Waals surface area contributed by atoms with E-state index in [9.17, 15) is 14.4 Å². The van der Waals surface area contributed by atoms with Gasteiger partial charge < -0.3 is 10.1 Å². The molecular weight excluding hydrogens is 342 g/mol. The van der Waals surface area contributed by atoms with Crippen molar-refractivity contribution >= 4 is 17.7 Å². The van der Waals surface area contributed by atoms with E-state index in [1.807, 2.05) is 45.9 Å². The number of rotatable bonds is 6. The molecule has 0 unspecified atom stereocenters. The summed E-state index contributed by atoms with van der Waals surface area (Å²) >= 11 is 0. The Morgan fingerprint density at radius 1 is 0.963 bits per heavy atom. The lowest BCUT2D eigenvalue weighted by Gasteiger charge is -2.15. The molecule has 0 heterocycles. The van der Waals surface area contributed by atoms with Crippen LogP contribution in [0.25, 0.3) is 0 Å². The third kappa shape index (κ3) is 5.26. The molecule has 2 aromatic rings. The van der Waals surface area contributed by atoms with Crippen LogP contribution >= 0.6 is 0 Å². The SMILES string of the molecule is Cc1cccc(C(=O)NCC(=O)O[C@H](C)C(=O)c2cc(C)c(C)cc2C)c1. The second-order valence-corrected chi connectivity index (χ2v) is 6.80. The van der Waals surface area contributed by atoms with Crippen LogP contribution in [-0.4, -0.2) is 30.3 Å². The van der Waals surface area contributed by atoms with E-state index in [-0.39, 0.29) is 18.2 Å². The third-order valence-corrected chi connectivity index (χ3v) is 4.46. The molecule has 0 radical (unpaired) electrons. The average Bonchev–Trinajstić information content (AvgIpc) is 2.62. The molecule has 5 nitrogen and oxygen atoms in total. The number of carbonyl (C=O) groups is 3. The summed E-state index contributed by atoms with van der Waals surface area (Å²) in [5.74, 6) is -1.27. The fourth-order valence-electron chi connectivity index (χ4n) is 2.78. The monoisotopic (exact) mass is 367 g/mol. The summed E-state index contributed by atoms with van der Waals surface area (Å²) in [6, 6.07) is 10.8. The summed E-state index contributed by atoms with van der Waals surface area (Å²) in [7, 11) is 0. The van der Waals surface area contributed by atoms with Crippen LogP contribution in [0, 0.1) is 27.7 Å². The van der Waals surface area contributed by atoms with Crippen molar-refractivity contribution in [2.45, 2.75) is 40.7 Å². The van der Waals surface area contributed by atoms with E-state index in [2.05, 4.69) is 5.32 Å². The molecule has 0 fully saturated rings. The highest BCUT2D eigenvalue weighted by Gasteiger charge is 2.22. The Hall–Kier alpha value is -2.95. The quantitative estimate of drug-likeness (QED) is 0.627. The van der Waals surface area contributed by atoms with Gasteiger partial charge in [-0.3, -0.25) is 14.4 Å². The number of aryl methyl sites for hydroxylation is 4. The van der Waals surface area contributed by atoms with Crippen LogP contribution < -0.4 is 5.32 Å². The number of carbonyl (C=O) groups excluding carboxylic acids is 3. The van der Waals surface area contributed by atoms with E-state index in [1.165, 1.54) is 6.92 Å². The summed E-state index contributed by atoms with van der Waals surface area (Å²) in [6.07, 6.45) is -0.922.